The third-order valence-electron chi connectivity index (χ3n) is 2.54. The number of hydrogen-bond donors (Lipinski definition) is 1. The molecule has 0 aliphatic heterocycles. The number of aromatic nitrogens is 1. The van der Waals surface area contributed by atoms with Crippen molar-refractivity contribution in [2.75, 3.05) is 6.54 Å². The van der Waals surface area contributed by atoms with Crippen LogP contribution in [0.15, 0.2) is 46.5 Å². The van der Waals surface area contributed by atoms with E-state index < -0.39 is 0 Å². The predicted octanol–water partition coefficient (Wildman–Crippen LogP) is 4.13. The normalized spacial score (nSPS) is 10.7. The van der Waals surface area contributed by atoms with Crippen molar-refractivity contribution < 1.29 is 4.39 Å². The Morgan fingerprint density at radius 2 is 2.16 bits per heavy atom. The van der Waals surface area contributed by atoms with Crippen LogP contribution in [0, 0.1) is 5.82 Å². The lowest BCUT2D eigenvalue weighted by molar-refractivity contribution is 0.585. The maximum Gasteiger partial charge on any atom is 0.128 e. The Kier molecular flexibility index (Phi) is 5.19. The highest BCUT2D eigenvalue weighted by Gasteiger charge is 2.09. The van der Waals surface area contributed by atoms with E-state index in [1.54, 1.807) is 18.3 Å². The van der Waals surface area contributed by atoms with Gasteiger partial charge in [-0.25, -0.2) is 9.37 Å². The molecule has 2 rings (SSSR count). The number of nitrogens with one attached hydrogen (secondary N) is 1. The molecule has 5 heteroatoms. The molecule has 19 heavy (non-hydrogen) atoms. The van der Waals surface area contributed by atoms with Gasteiger partial charge >= 0.3 is 0 Å². The van der Waals surface area contributed by atoms with Crippen molar-refractivity contribution in [2.45, 2.75) is 23.4 Å². The molecule has 1 aromatic carbocycles. The van der Waals surface area contributed by atoms with E-state index in [-0.39, 0.29) is 5.82 Å². The van der Waals surface area contributed by atoms with E-state index in [1.165, 1.54) is 17.8 Å². The molecule has 0 saturated carbocycles. The summed E-state index contributed by atoms with van der Waals surface area (Å²) in [6, 6.07) is 8.70. The zero-order valence-electron chi connectivity index (χ0n) is 10.5. The Labute approximate surface area is 121 Å². The van der Waals surface area contributed by atoms with Gasteiger partial charge in [0.05, 0.1) is 5.02 Å². The van der Waals surface area contributed by atoms with Crippen LogP contribution in [0.4, 0.5) is 4.39 Å². The summed E-state index contributed by atoms with van der Waals surface area (Å²) in [4.78, 5) is 5.08. The molecule has 0 aliphatic carbocycles. The van der Waals surface area contributed by atoms with Gasteiger partial charge in [-0.05, 0) is 30.8 Å². The zero-order chi connectivity index (χ0) is 13.7. The lowest BCUT2D eigenvalue weighted by Crippen LogP contribution is -2.13. The van der Waals surface area contributed by atoms with Gasteiger partial charge in [0.25, 0.3) is 0 Å². The van der Waals surface area contributed by atoms with Crippen molar-refractivity contribution in [3.05, 3.63) is 52.9 Å². The van der Waals surface area contributed by atoms with Crippen LogP contribution < -0.4 is 5.32 Å². The topological polar surface area (TPSA) is 24.9 Å². The smallest absolute Gasteiger partial charge is 0.128 e. The molecular formula is C14H14ClFN2S. The third-order valence-corrected chi connectivity index (χ3v) is 3.82. The number of halogens is 2. The maximum atomic E-state index is 13.8. The van der Waals surface area contributed by atoms with E-state index in [4.69, 9.17) is 11.6 Å². The fraction of sp³-hybridized carbons (Fsp3) is 0.214. The quantitative estimate of drug-likeness (QED) is 0.898. The molecule has 0 spiro atoms. The molecule has 2 nitrogen and oxygen atoms in total. The summed E-state index contributed by atoms with van der Waals surface area (Å²) in [6.07, 6.45) is 1.59. The predicted molar refractivity (Wildman–Crippen MR) is 77.2 cm³/mol. The van der Waals surface area contributed by atoms with Gasteiger partial charge in [-0.3, -0.25) is 0 Å². The van der Waals surface area contributed by atoms with E-state index >= 15 is 0 Å². The van der Waals surface area contributed by atoms with Gasteiger partial charge in [-0.2, -0.15) is 0 Å². The summed E-state index contributed by atoms with van der Waals surface area (Å²) < 4.78 is 13.8. The van der Waals surface area contributed by atoms with Crippen LogP contribution in [0.5, 0.6) is 0 Å². The number of hydrogen-bond acceptors (Lipinski definition) is 3. The Balaban J connectivity index is 2.23. The van der Waals surface area contributed by atoms with Crippen molar-refractivity contribution in [2.24, 2.45) is 0 Å². The maximum absolute atomic E-state index is 13.8. The van der Waals surface area contributed by atoms with Crippen LogP contribution in [-0.4, -0.2) is 11.5 Å². The minimum atomic E-state index is -0.195. The van der Waals surface area contributed by atoms with E-state index in [9.17, 15) is 4.39 Å². The molecule has 1 heterocycles. The molecule has 0 fully saturated rings. The second kappa shape index (κ2) is 6.89. The fourth-order valence-corrected chi connectivity index (χ4v) is 2.61. The molecule has 100 valence electrons. The van der Waals surface area contributed by atoms with E-state index in [0.29, 0.717) is 17.1 Å². The van der Waals surface area contributed by atoms with Crippen molar-refractivity contribution in [3.8, 4) is 0 Å². The van der Waals surface area contributed by atoms with Crippen molar-refractivity contribution >= 4 is 23.4 Å². The Morgan fingerprint density at radius 3 is 2.84 bits per heavy atom. The van der Waals surface area contributed by atoms with Crippen LogP contribution >= 0.6 is 23.4 Å². The molecule has 1 aromatic heterocycles. The SMILES string of the molecule is CCNCc1c(F)cccc1Sc1ccc(Cl)cn1. The van der Waals surface area contributed by atoms with Crippen LogP contribution in [-0.2, 0) is 6.54 Å². The minimum absolute atomic E-state index is 0.195. The Bertz CT molecular complexity index is 546. The lowest BCUT2D eigenvalue weighted by atomic mass is 10.2. The molecule has 0 radical (unpaired) electrons. The van der Waals surface area contributed by atoms with Crippen molar-refractivity contribution in [3.63, 3.8) is 0 Å². The molecule has 1 N–H and O–H groups in total. The van der Waals surface area contributed by atoms with Crippen molar-refractivity contribution in [1.82, 2.24) is 10.3 Å². The summed E-state index contributed by atoms with van der Waals surface area (Å²) in [7, 11) is 0. The number of benzene rings is 1. The lowest BCUT2D eigenvalue weighted by Gasteiger charge is -2.10. The summed E-state index contributed by atoms with van der Waals surface area (Å²) >= 11 is 7.24. The number of nitrogens with zero attached hydrogens (tertiary/aromatic N) is 1. The monoisotopic (exact) mass is 296 g/mol. The Morgan fingerprint density at radius 1 is 1.32 bits per heavy atom. The van der Waals surface area contributed by atoms with E-state index in [0.717, 1.165) is 16.5 Å². The molecule has 0 atom stereocenters. The van der Waals surface area contributed by atoms with Gasteiger partial charge in [0.1, 0.15) is 10.8 Å². The standard InChI is InChI=1S/C14H14ClFN2S/c1-2-17-9-11-12(16)4-3-5-13(11)19-14-7-6-10(15)8-18-14/h3-8,17H,2,9H2,1H3. The van der Waals surface area contributed by atoms with Crippen LogP contribution in [0.2, 0.25) is 5.02 Å². The van der Waals surface area contributed by atoms with Crippen LogP contribution in [0.25, 0.3) is 0 Å². The second-order valence-corrected chi connectivity index (χ2v) is 5.41. The van der Waals surface area contributed by atoms with Crippen LogP contribution in [0.1, 0.15) is 12.5 Å². The highest BCUT2D eigenvalue weighted by molar-refractivity contribution is 7.99. The first-order valence-electron chi connectivity index (χ1n) is 5.98. The third kappa shape index (κ3) is 3.93. The van der Waals surface area contributed by atoms with Gasteiger partial charge in [-0.1, -0.05) is 36.4 Å². The first-order chi connectivity index (χ1) is 9.20. The van der Waals surface area contributed by atoms with Crippen molar-refractivity contribution in [1.29, 1.82) is 0 Å². The molecular weight excluding hydrogens is 283 g/mol. The molecule has 0 saturated heterocycles. The van der Waals surface area contributed by atoms with Gasteiger partial charge in [0, 0.05) is 23.2 Å². The summed E-state index contributed by atoms with van der Waals surface area (Å²) in [5.74, 6) is -0.195. The summed E-state index contributed by atoms with van der Waals surface area (Å²) in [6.45, 7) is 3.31. The van der Waals surface area contributed by atoms with Gasteiger partial charge in [0.2, 0.25) is 0 Å². The Hall–Kier alpha value is -1.10. The average molecular weight is 297 g/mol. The summed E-state index contributed by atoms with van der Waals surface area (Å²) in [5.41, 5.74) is 0.672. The largest absolute Gasteiger partial charge is 0.313 e. The van der Waals surface area contributed by atoms with Crippen LogP contribution in [0.3, 0.4) is 0 Å². The second-order valence-electron chi connectivity index (χ2n) is 3.91. The first kappa shape index (κ1) is 14.3. The summed E-state index contributed by atoms with van der Waals surface area (Å²) in [5, 5.41) is 4.54. The molecule has 2 aromatic rings. The highest BCUT2D eigenvalue weighted by Crippen LogP contribution is 2.30. The number of pyridine rings is 1. The van der Waals surface area contributed by atoms with Gasteiger partial charge in [0.15, 0.2) is 0 Å². The minimum Gasteiger partial charge on any atom is -0.313 e. The van der Waals surface area contributed by atoms with E-state index in [2.05, 4.69) is 10.3 Å². The molecule has 0 aliphatic rings. The molecule has 0 unspecified atom stereocenters. The van der Waals surface area contributed by atoms with Gasteiger partial charge in [-0.15, -0.1) is 0 Å². The fourth-order valence-electron chi connectivity index (χ4n) is 1.59. The van der Waals surface area contributed by atoms with E-state index in [1.807, 2.05) is 19.1 Å². The highest BCUT2D eigenvalue weighted by atomic mass is 35.5. The first-order valence-corrected chi connectivity index (χ1v) is 7.17. The molecule has 0 bridgehead atoms. The van der Waals surface area contributed by atoms with Gasteiger partial charge < -0.3 is 5.32 Å². The zero-order valence-corrected chi connectivity index (χ0v) is 12.1. The molecule has 0 amide bonds. The number of rotatable bonds is 5. The average Bonchev–Trinajstić information content (AvgIpc) is 2.41.